The molecule has 3 rings (SSSR count). The van der Waals surface area contributed by atoms with Crippen LogP contribution in [0.1, 0.15) is 22.3 Å². The van der Waals surface area contributed by atoms with Crippen LogP contribution in [-0.4, -0.2) is 18.7 Å². The molecule has 0 unspecified atom stereocenters. The van der Waals surface area contributed by atoms with E-state index in [1.165, 1.54) is 5.56 Å². The Labute approximate surface area is 171 Å². The summed E-state index contributed by atoms with van der Waals surface area (Å²) in [5, 5.41) is 7.15. The molecule has 0 bridgehead atoms. The first-order chi connectivity index (χ1) is 14.1. The minimum Gasteiger partial charge on any atom is -0.489 e. The summed E-state index contributed by atoms with van der Waals surface area (Å²) in [4.78, 5) is 12.0. The van der Waals surface area contributed by atoms with Crippen molar-refractivity contribution in [2.24, 2.45) is 5.10 Å². The number of rotatable bonds is 8. The predicted octanol–water partition coefficient (Wildman–Crippen LogP) is 4.44. The number of anilines is 1. The highest BCUT2D eigenvalue weighted by atomic mass is 16.5. The zero-order valence-electron chi connectivity index (χ0n) is 16.7. The summed E-state index contributed by atoms with van der Waals surface area (Å²) in [5.41, 5.74) is 7.73. The van der Waals surface area contributed by atoms with Crippen LogP contribution in [0.3, 0.4) is 0 Å². The molecule has 0 aliphatic rings. The molecule has 3 aromatic rings. The van der Waals surface area contributed by atoms with Gasteiger partial charge in [0.25, 0.3) is 5.91 Å². The molecule has 0 aliphatic carbocycles. The van der Waals surface area contributed by atoms with Crippen LogP contribution in [-0.2, 0) is 11.4 Å². The molecule has 5 heteroatoms. The average Bonchev–Trinajstić information content (AvgIpc) is 2.73. The molecule has 0 aromatic heterocycles. The third-order valence-corrected chi connectivity index (χ3v) is 4.33. The van der Waals surface area contributed by atoms with Crippen molar-refractivity contribution in [3.8, 4) is 5.75 Å². The summed E-state index contributed by atoms with van der Waals surface area (Å²) in [7, 11) is 0. The van der Waals surface area contributed by atoms with E-state index in [0.717, 1.165) is 28.1 Å². The van der Waals surface area contributed by atoms with Crippen LogP contribution in [0.5, 0.6) is 5.75 Å². The molecule has 0 radical (unpaired) electrons. The number of hydrogen-bond donors (Lipinski definition) is 2. The van der Waals surface area contributed by atoms with Gasteiger partial charge in [-0.2, -0.15) is 5.10 Å². The average molecular weight is 387 g/mol. The molecule has 0 saturated heterocycles. The standard InChI is InChI=1S/C24H25N3O2/c1-18-11-12-23(19(2)13-18)25-16-24(28)27-26-15-21-9-6-10-22(14-21)29-17-20-7-4-3-5-8-20/h3-15,25H,16-17H2,1-2H3,(H,27,28)/b26-15+. The van der Waals surface area contributed by atoms with Crippen LogP contribution < -0.4 is 15.5 Å². The van der Waals surface area contributed by atoms with Crippen LogP contribution in [0.2, 0.25) is 0 Å². The molecule has 3 aromatic carbocycles. The van der Waals surface area contributed by atoms with Gasteiger partial charge in [-0.15, -0.1) is 0 Å². The van der Waals surface area contributed by atoms with Gasteiger partial charge in [0.05, 0.1) is 12.8 Å². The van der Waals surface area contributed by atoms with E-state index >= 15 is 0 Å². The fourth-order valence-corrected chi connectivity index (χ4v) is 2.83. The Hall–Kier alpha value is -3.60. The molecular formula is C24H25N3O2. The van der Waals surface area contributed by atoms with Gasteiger partial charge in [-0.3, -0.25) is 4.79 Å². The van der Waals surface area contributed by atoms with Crippen LogP contribution in [0.4, 0.5) is 5.69 Å². The van der Waals surface area contributed by atoms with Crippen molar-refractivity contribution in [1.29, 1.82) is 0 Å². The summed E-state index contributed by atoms with van der Waals surface area (Å²) < 4.78 is 5.81. The van der Waals surface area contributed by atoms with Gasteiger partial charge in [-0.1, -0.05) is 60.2 Å². The molecule has 148 valence electrons. The molecule has 0 fully saturated rings. The lowest BCUT2D eigenvalue weighted by atomic mass is 10.1. The van der Waals surface area contributed by atoms with Crippen molar-refractivity contribution >= 4 is 17.8 Å². The van der Waals surface area contributed by atoms with E-state index < -0.39 is 0 Å². The Morgan fingerprint density at radius 2 is 1.83 bits per heavy atom. The Kier molecular flexibility index (Phi) is 7.00. The normalized spacial score (nSPS) is 10.7. The van der Waals surface area contributed by atoms with E-state index in [2.05, 4.69) is 21.9 Å². The molecule has 0 saturated carbocycles. The van der Waals surface area contributed by atoms with Crippen LogP contribution in [0.15, 0.2) is 77.9 Å². The second-order valence-corrected chi connectivity index (χ2v) is 6.81. The molecule has 0 atom stereocenters. The lowest BCUT2D eigenvalue weighted by Gasteiger charge is -2.09. The van der Waals surface area contributed by atoms with E-state index in [0.29, 0.717) is 6.61 Å². The monoisotopic (exact) mass is 387 g/mol. The fourth-order valence-electron chi connectivity index (χ4n) is 2.83. The van der Waals surface area contributed by atoms with Gasteiger partial charge in [0, 0.05) is 5.69 Å². The lowest BCUT2D eigenvalue weighted by molar-refractivity contribution is -0.119. The van der Waals surface area contributed by atoms with Gasteiger partial charge in [0.15, 0.2) is 0 Å². The summed E-state index contributed by atoms with van der Waals surface area (Å²) in [6.45, 7) is 4.71. The molecular weight excluding hydrogens is 362 g/mol. The number of benzene rings is 3. The van der Waals surface area contributed by atoms with Crippen molar-refractivity contribution in [3.63, 3.8) is 0 Å². The number of nitrogens with one attached hydrogen (secondary N) is 2. The number of aryl methyl sites for hydroxylation is 2. The number of nitrogens with zero attached hydrogens (tertiary/aromatic N) is 1. The van der Waals surface area contributed by atoms with Gasteiger partial charge < -0.3 is 10.1 Å². The van der Waals surface area contributed by atoms with Gasteiger partial charge in [0.1, 0.15) is 12.4 Å². The highest BCUT2D eigenvalue weighted by Crippen LogP contribution is 2.16. The number of carbonyl (C=O) groups excluding carboxylic acids is 1. The van der Waals surface area contributed by atoms with E-state index in [9.17, 15) is 4.79 Å². The minimum absolute atomic E-state index is 0.154. The summed E-state index contributed by atoms with van der Waals surface area (Å²) in [5.74, 6) is 0.540. The first-order valence-corrected chi connectivity index (χ1v) is 9.50. The number of carbonyl (C=O) groups is 1. The SMILES string of the molecule is Cc1ccc(NCC(=O)N/N=C/c2cccc(OCc3ccccc3)c2)c(C)c1. The quantitative estimate of drug-likeness (QED) is 0.444. The maximum Gasteiger partial charge on any atom is 0.259 e. The molecule has 1 amide bonds. The van der Waals surface area contributed by atoms with Gasteiger partial charge in [0.2, 0.25) is 0 Å². The highest BCUT2D eigenvalue weighted by molar-refractivity contribution is 5.84. The lowest BCUT2D eigenvalue weighted by Crippen LogP contribution is -2.26. The molecule has 0 aliphatic heterocycles. The number of amides is 1. The Balaban J connectivity index is 1.47. The third-order valence-electron chi connectivity index (χ3n) is 4.33. The van der Waals surface area contributed by atoms with Gasteiger partial charge in [-0.25, -0.2) is 5.43 Å². The first-order valence-electron chi connectivity index (χ1n) is 9.50. The maximum absolute atomic E-state index is 12.0. The molecule has 29 heavy (non-hydrogen) atoms. The maximum atomic E-state index is 12.0. The minimum atomic E-state index is -0.210. The van der Waals surface area contributed by atoms with Crippen LogP contribution >= 0.6 is 0 Å². The van der Waals surface area contributed by atoms with E-state index in [-0.39, 0.29) is 12.5 Å². The van der Waals surface area contributed by atoms with Crippen molar-refractivity contribution < 1.29 is 9.53 Å². The summed E-state index contributed by atoms with van der Waals surface area (Å²) >= 11 is 0. The van der Waals surface area contributed by atoms with Crippen LogP contribution in [0, 0.1) is 13.8 Å². The second kappa shape index (κ2) is 10.1. The third kappa shape index (κ3) is 6.50. The molecule has 0 heterocycles. The Bertz CT molecular complexity index is 984. The number of ether oxygens (including phenoxy) is 1. The predicted molar refractivity (Wildman–Crippen MR) is 117 cm³/mol. The number of hydrogen-bond acceptors (Lipinski definition) is 4. The second-order valence-electron chi connectivity index (χ2n) is 6.81. The van der Waals surface area contributed by atoms with E-state index in [4.69, 9.17) is 4.74 Å². The zero-order chi connectivity index (χ0) is 20.5. The van der Waals surface area contributed by atoms with Crippen molar-refractivity contribution in [2.75, 3.05) is 11.9 Å². The van der Waals surface area contributed by atoms with E-state index in [1.807, 2.05) is 80.6 Å². The number of hydrazone groups is 1. The van der Waals surface area contributed by atoms with Crippen LogP contribution in [0.25, 0.3) is 0 Å². The topological polar surface area (TPSA) is 62.7 Å². The Morgan fingerprint density at radius 1 is 1.00 bits per heavy atom. The zero-order valence-corrected chi connectivity index (χ0v) is 16.7. The highest BCUT2D eigenvalue weighted by Gasteiger charge is 2.02. The van der Waals surface area contributed by atoms with E-state index in [1.54, 1.807) is 6.21 Å². The van der Waals surface area contributed by atoms with Crippen molar-refractivity contribution in [1.82, 2.24) is 5.43 Å². The van der Waals surface area contributed by atoms with Gasteiger partial charge >= 0.3 is 0 Å². The molecule has 2 N–H and O–H groups in total. The Morgan fingerprint density at radius 3 is 2.62 bits per heavy atom. The van der Waals surface area contributed by atoms with Crippen molar-refractivity contribution in [3.05, 3.63) is 95.1 Å². The van der Waals surface area contributed by atoms with Gasteiger partial charge in [-0.05, 0) is 48.7 Å². The summed E-state index contributed by atoms with van der Waals surface area (Å²) in [6.07, 6.45) is 1.60. The van der Waals surface area contributed by atoms with Crippen molar-refractivity contribution in [2.45, 2.75) is 20.5 Å². The molecule has 5 nitrogen and oxygen atoms in total. The largest absolute Gasteiger partial charge is 0.489 e. The molecule has 0 spiro atoms. The fraction of sp³-hybridized carbons (Fsp3) is 0.167. The summed E-state index contributed by atoms with van der Waals surface area (Å²) in [6, 6.07) is 23.6. The smallest absolute Gasteiger partial charge is 0.259 e. The first kappa shape index (κ1) is 20.1.